The highest BCUT2D eigenvalue weighted by Crippen LogP contribution is 2.37. The highest BCUT2D eigenvalue weighted by atomic mass is 19.4. The number of alkyl halides is 3. The van der Waals surface area contributed by atoms with Crippen LogP contribution >= 0.6 is 0 Å². The quantitative estimate of drug-likeness (QED) is 0.715. The number of likely N-dealkylation sites (tertiary alicyclic amines) is 1. The number of carboxylic acid groups (broad SMARTS) is 1. The predicted molar refractivity (Wildman–Crippen MR) is 108 cm³/mol. The Bertz CT molecular complexity index is 776. The Labute approximate surface area is 183 Å². The number of carboxylic acids is 1. The monoisotopic (exact) mass is 459 g/mol. The lowest BCUT2D eigenvalue weighted by Crippen LogP contribution is -2.48. The van der Waals surface area contributed by atoms with Gasteiger partial charge in [0.2, 0.25) is 5.95 Å². The van der Waals surface area contributed by atoms with E-state index < -0.39 is 12.1 Å². The second-order valence-corrected chi connectivity index (χ2v) is 8.22. The number of nitrogens with zero attached hydrogens (tertiary/aromatic N) is 4. The minimum atomic E-state index is -5.08. The molecule has 9 nitrogen and oxygen atoms in total. The highest BCUT2D eigenvalue weighted by molar-refractivity contribution is 5.74. The summed E-state index contributed by atoms with van der Waals surface area (Å²) in [5.41, 5.74) is -0.111. The van der Waals surface area contributed by atoms with Gasteiger partial charge in [0, 0.05) is 45.1 Å². The van der Waals surface area contributed by atoms with Crippen LogP contribution in [0.25, 0.3) is 0 Å². The number of ether oxygens (including phenoxy) is 1. The summed E-state index contributed by atoms with van der Waals surface area (Å²) in [6.45, 7) is 4.14. The molecule has 178 valence electrons. The van der Waals surface area contributed by atoms with Gasteiger partial charge in [-0.1, -0.05) is 0 Å². The van der Waals surface area contributed by atoms with Crippen molar-refractivity contribution in [2.45, 2.75) is 56.4 Å². The molecule has 0 unspecified atom stereocenters. The maximum atomic E-state index is 12.2. The molecule has 0 radical (unpaired) electrons. The highest BCUT2D eigenvalue weighted by Gasteiger charge is 2.43. The van der Waals surface area contributed by atoms with E-state index in [0.29, 0.717) is 6.54 Å². The molecule has 1 spiro atoms. The van der Waals surface area contributed by atoms with Crippen LogP contribution in [0.15, 0.2) is 18.5 Å². The van der Waals surface area contributed by atoms with E-state index >= 15 is 0 Å². The molecular weight excluding hydrogens is 431 g/mol. The van der Waals surface area contributed by atoms with Crippen molar-refractivity contribution in [1.82, 2.24) is 20.2 Å². The second kappa shape index (κ2) is 10.3. The summed E-state index contributed by atoms with van der Waals surface area (Å²) in [7, 11) is 0. The number of rotatable bonds is 3. The van der Waals surface area contributed by atoms with E-state index in [1.54, 1.807) is 12.4 Å². The first kappa shape index (κ1) is 24.0. The molecule has 1 aromatic rings. The van der Waals surface area contributed by atoms with Crippen LogP contribution < -0.4 is 10.2 Å². The second-order valence-electron chi connectivity index (χ2n) is 8.22. The van der Waals surface area contributed by atoms with Gasteiger partial charge in [0.1, 0.15) is 0 Å². The van der Waals surface area contributed by atoms with Gasteiger partial charge in [-0.25, -0.2) is 19.6 Å². The summed E-state index contributed by atoms with van der Waals surface area (Å²) >= 11 is 0. The maximum Gasteiger partial charge on any atom is 0.490 e. The Hall–Kier alpha value is -2.63. The predicted octanol–water partition coefficient (Wildman–Crippen LogP) is 2.43. The van der Waals surface area contributed by atoms with Gasteiger partial charge in [-0.05, 0) is 44.6 Å². The Balaban J connectivity index is 0.000000360. The summed E-state index contributed by atoms with van der Waals surface area (Å²) in [4.78, 5) is 33.9. The van der Waals surface area contributed by atoms with Gasteiger partial charge < -0.3 is 25.0 Å². The molecule has 3 aliphatic rings. The molecule has 3 saturated heterocycles. The van der Waals surface area contributed by atoms with Crippen molar-refractivity contribution in [1.29, 1.82) is 0 Å². The number of aromatic nitrogens is 2. The van der Waals surface area contributed by atoms with Crippen molar-refractivity contribution >= 4 is 17.9 Å². The van der Waals surface area contributed by atoms with Crippen LogP contribution in [0.2, 0.25) is 0 Å². The fraction of sp³-hybridized carbons (Fsp3) is 0.700. The summed E-state index contributed by atoms with van der Waals surface area (Å²) < 4.78 is 38.2. The van der Waals surface area contributed by atoms with Gasteiger partial charge in [0.25, 0.3) is 0 Å². The molecule has 3 fully saturated rings. The molecule has 0 saturated carbocycles. The Morgan fingerprint density at radius 3 is 2.44 bits per heavy atom. The number of carbonyl (C=O) groups is 2. The number of hydrogen-bond acceptors (Lipinski definition) is 6. The summed E-state index contributed by atoms with van der Waals surface area (Å²) in [6.07, 6.45) is 5.07. The molecule has 0 bridgehead atoms. The van der Waals surface area contributed by atoms with Crippen molar-refractivity contribution < 1.29 is 32.6 Å². The molecule has 2 amide bonds. The van der Waals surface area contributed by atoms with Gasteiger partial charge in [0.15, 0.2) is 0 Å². The Morgan fingerprint density at radius 1 is 1.16 bits per heavy atom. The van der Waals surface area contributed by atoms with Gasteiger partial charge in [0.05, 0.1) is 11.7 Å². The Kier molecular flexibility index (Phi) is 7.75. The fourth-order valence-corrected chi connectivity index (χ4v) is 4.27. The minimum Gasteiger partial charge on any atom is -0.475 e. The van der Waals surface area contributed by atoms with Crippen LogP contribution in [0.5, 0.6) is 0 Å². The molecule has 32 heavy (non-hydrogen) atoms. The van der Waals surface area contributed by atoms with Crippen LogP contribution in [0.1, 0.15) is 38.5 Å². The Morgan fingerprint density at radius 2 is 1.81 bits per heavy atom. The number of amides is 2. The third kappa shape index (κ3) is 6.44. The van der Waals surface area contributed by atoms with Crippen LogP contribution in [-0.4, -0.2) is 82.6 Å². The van der Waals surface area contributed by atoms with Crippen LogP contribution in [0.4, 0.5) is 23.9 Å². The molecule has 0 aromatic carbocycles. The van der Waals surface area contributed by atoms with E-state index in [2.05, 4.69) is 20.2 Å². The van der Waals surface area contributed by atoms with Crippen LogP contribution in [0.3, 0.4) is 0 Å². The lowest BCUT2D eigenvalue weighted by molar-refractivity contribution is -0.192. The number of anilines is 1. The van der Waals surface area contributed by atoms with Crippen molar-refractivity contribution in [3.63, 3.8) is 0 Å². The largest absolute Gasteiger partial charge is 0.490 e. The standard InChI is InChI=1S/C18H27N5O2.C2HF3O2/c24-17(22-10-1-2-11-22)21-13-15-5-3-6-18(25-15)7-12-23(14-18)16-19-8-4-9-20-16;3-2(4,5)1(6)7/h4,8-9,15H,1-3,5-7,10-14H2,(H,21,24);(H,6,7)/t15-,18-;/m1./s1. The van der Waals surface area contributed by atoms with E-state index in [9.17, 15) is 18.0 Å². The zero-order chi connectivity index (χ0) is 23.2. The van der Waals surface area contributed by atoms with Crippen LogP contribution in [-0.2, 0) is 9.53 Å². The van der Waals surface area contributed by atoms with Gasteiger partial charge >= 0.3 is 18.2 Å². The number of hydrogen-bond donors (Lipinski definition) is 2. The molecular formula is C20H28F3N5O4. The first-order chi connectivity index (χ1) is 15.2. The minimum absolute atomic E-state index is 0.0615. The number of urea groups is 1. The van der Waals surface area contributed by atoms with Crippen molar-refractivity contribution in [3.8, 4) is 0 Å². The van der Waals surface area contributed by atoms with Crippen molar-refractivity contribution in [2.24, 2.45) is 0 Å². The molecule has 4 heterocycles. The first-order valence-corrected chi connectivity index (χ1v) is 10.7. The zero-order valence-electron chi connectivity index (χ0n) is 17.7. The molecule has 3 aliphatic heterocycles. The average molecular weight is 459 g/mol. The van der Waals surface area contributed by atoms with Crippen molar-refractivity contribution in [3.05, 3.63) is 18.5 Å². The van der Waals surface area contributed by atoms with Gasteiger partial charge in [-0.2, -0.15) is 13.2 Å². The van der Waals surface area contributed by atoms with Crippen LogP contribution in [0, 0.1) is 0 Å². The summed E-state index contributed by atoms with van der Waals surface area (Å²) in [5, 5.41) is 10.2. The molecule has 0 aliphatic carbocycles. The lowest BCUT2D eigenvalue weighted by Gasteiger charge is -2.38. The summed E-state index contributed by atoms with van der Waals surface area (Å²) in [5.74, 6) is -1.97. The number of aliphatic carboxylic acids is 1. The lowest BCUT2D eigenvalue weighted by atomic mass is 9.90. The van der Waals surface area contributed by atoms with E-state index in [1.807, 2.05) is 11.0 Å². The topological polar surface area (TPSA) is 108 Å². The first-order valence-electron chi connectivity index (χ1n) is 10.7. The number of halogens is 3. The van der Waals surface area contributed by atoms with E-state index in [1.165, 1.54) is 0 Å². The number of nitrogens with one attached hydrogen (secondary N) is 1. The van der Waals surface area contributed by atoms with E-state index in [-0.39, 0.29) is 17.7 Å². The third-order valence-corrected chi connectivity index (χ3v) is 5.84. The van der Waals surface area contributed by atoms with Gasteiger partial charge in [-0.3, -0.25) is 0 Å². The average Bonchev–Trinajstić information content (AvgIpc) is 3.44. The molecule has 2 atom stereocenters. The number of carbonyl (C=O) groups excluding carboxylic acids is 1. The van der Waals surface area contributed by atoms with E-state index in [0.717, 1.165) is 70.7 Å². The fourth-order valence-electron chi connectivity index (χ4n) is 4.27. The summed E-state index contributed by atoms with van der Waals surface area (Å²) in [6, 6.07) is 1.90. The maximum absolute atomic E-state index is 12.2. The van der Waals surface area contributed by atoms with Gasteiger partial charge in [-0.15, -0.1) is 0 Å². The normalized spacial score (nSPS) is 25.4. The molecule has 4 rings (SSSR count). The molecule has 12 heteroatoms. The van der Waals surface area contributed by atoms with E-state index in [4.69, 9.17) is 14.6 Å². The SMILES string of the molecule is O=C(NC[C@H]1CCC[C@]2(CCN(c3ncccn3)C2)O1)N1CCCC1.O=C(O)C(F)(F)F. The van der Waals surface area contributed by atoms with Crippen molar-refractivity contribution in [2.75, 3.05) is 37.6 Å². The smallest absolute Gasteiger partial charge is 0.475 e. The third-order valence-electron chi connectivity index (χ3n) is 5.84. The molecule has 1 aromatic heterocycles. The zero-order valence-corrected chi connectivity index (χ0v) is 17.7. The molecule has 2 N–H and O–H groups in total.